The van der Waals surface area contributed by atoms with E-state index in [4.69, 9.17) is 0 Å². The predicted octanol–water partition coefficient (Wildman–Crippen LogP) is 5.42. The highest BCUT2D eigenvalue weighted by Gasteiger charge is 2.29. The van der Waals surface area contributed by atoms with E-state index in [-0.39, 0.29) is 10.8 Å². The predicted molar refractivity (Wildman–Crippen MR) is 106 cm³/mol. The molecule has 0 saturated heterocycles. The van der Waals surface area contributed by atoms with Crippen molar-refractivity contribution >= 4 is 38.9 Å². The Morgan fingerprint density at radius 2 is 1.14 bits per heavy atom. The van der Waals surface area contributed by atoms with Crippen molar-refractivity contribution < 1.29 is 0 Å². The van der Waals surface area contributed by atoms with Crippen molar-refractivity contribution in [1.29, 1.82) is 0 Å². The van der Waals surface area contributed by atoms with Crippen LogP contribution in [-0.2, 0) is 10.8 Å². The summed E-state index contributed by atoms with van der Waals surface area (Å²) in [5, 5.41) is 4.70. The summed E-state index contributed by atoms with van der Waals surface area (Å²) in [5.74, 6) is 0.623. The summed E-state index contributed by atoms with van der Waals surface area (Å²) in [7, 11) is 0. The van der Waals surface area contributed by atoms with E-state index in [2.05, 4.69) is 78.3 Å². The first kappa shape index (κ1) is 17.8. The first-order valence-corrected chi connectivity index (χ1v) is 9.94. The van der Waals surface area contributed by atoms with Gasteiger partial charge in [-0.2, -0.15) is 22.7 Å². The summed E-state index contributed by atoms with van der Waals surface area (Å²) in [6.45, 7) is 19.0. The maximum Gasteiger partial charge on any atom is 0.237 e. The zero-order valence-corrected chi connectivity index (χ0v) is 16.9. The second-order valence-electron chi connectivity index (χ2n) is 8.70. The SMILES string of the molecule is CC(C)B(c1cc(C(C)(C)C)cs1)c1cc(C(C)(C)C)cs1. The van der Waals surface area contributed by atoms with Crippen LogP contribution in [0, 0.1) is 0 Å². The summed E-state index contributed by atoms with van der Waals surface area (Å²) in [6.07, 6.45) is 0. The van der Waals surface area contributed by atoms with E-state index >= 15 is 0 Å². The van der Waals surface area contributed by atoms with Crippen molar-refractivity contribution in [2.24, 2.45) is 0 Å². The van der Waals surface area contributed by atoms with Gasteiger partial charge in [-0.05, 0) is 42.3 Å². The van der Waals surface area contributed by atoms with Crippen LogP contribution in [0.25, 0.3) is 0 Å². The van der Waals surface area contributed by atoms with Crippen LogP contribution in [0.4, 0.5) is 0 Å². The summed E-state index contributed by atoms with van der Waals surface area (Å²) in [6, 6.07) is 4.87. The topological polar surface area (TPSA) is 0 Å². The van der Waals surface area contributed by atoms with Crippen molar-refractivity contribution in [2.45, 2.75) is 72.0 Å². The quantitative estimate of drug-likeness (QED) is 0.658. The molecule has 0 amide bonds. The normalized spacial score (nSPS) is 13.0. The highest BCUT2D eigenvalue weighted by molar-refractivity contribution is 7.31. The Kier molecular flexibility index (Phi) is 4.99. The third-order valence-electron chi connectivity index (χ3n) is 4.25. The lowest BCUT2D eigenvalue weighted by molar-refractivity contribution is 0.593. The molecule has 0 aromatic carbocycles. The first-order chi connectivity index (χ1) is 10.00. The minimum Gasteiger partial charge on any atom is -0.158 e. The van der Waals surface area contributed by atoms with Crippen LogP contribution in [0.5, 0.6) is 0 Å². The molecule has 0 aliphatic rings. The Morgan fingerprint density at radius 3 is 1.36 bits per heavy atom. The van der Waals surface area contributed by atoms with Gasteiger partial charge in [0, 0.05) is 0 Å². The van der Waals surface area contributed by atoms with Gasteiger partial charge in [0.2, 0.25) is 6.71 Å². The van der Waals surface area contributed by atoms with Crippen molar-refractivity contribution in [1.82, 2.24) is 0 Å². The standard InChI is InChI=1S/C19H29BS2/c1-13(2)20(16-9-14(11-21-16)18(3,4)5)17-10-15(12-22-17)19(6,7)8/h9-13H,1-8H3. The first-order valence-electron chi connectivity index (χ1n) is 8.18. The molecule has 0 aliphatic carbocycles. The summed E-state index contributed by atoms with van der Waals surface area (Å²) in [4.78, 5) is 0. The molecule has 22 heavy (non-hydrogen) atoms. The minimum absolute atomic E-state index is 0.238. The van der Waals surface area contributed by atoms with Crippen molar-refractivity contribution in [3.63, 3.8) is 0 Å². The largest absolute Gasteiger partial charge is 0.237 e. The zero-order valence-electron chi connectivity index (χ0n) is 15.3. The van der Waals surface area contributed by atoms with Crippen LogP contribution >= 0.6 is 22.7 Å². The van der Waals surface area contributed by atoms with Gasteiger partial charge in [-0.3, -0.25) is 0 Å². The molecular formula is C19H29BS2. The average Bonchev–Trinajstić information content (AvgIpc) is 2.95. The van der Waals surface area contributed by atoms with Crippen molar-refractivity contribution in [2.75, 3.05) is 0 Å². The third kappa shape index (κ3) is 3.86. The second-order valence-corrected chi connectivity index (χ2v) is 10.6. The van der Waals surface area contributed by atoms with E-state index in [1.807, 2.05) is 22.7 Å². The Bertz CT molecular complexity index is 568. The van der Waals surface area contributed by atoms with E-state index in [9.17, 15) is 0 Å². The molecule has 2 aromatic heterocycles. The number of rotatable bonds is 3. The lowest BCUT2D eigenvalue weighted by atomic mass is 9.40. The van der Waals surface area contributed by atoms with Gasteiger partial charge in [0.25, 0.3) is 0 Å². The van der Waals surface area contributed by atoms with E-state index in [1.165, 1.54) is 20.7 Å². The fourth-order valence-corrected chi connectivity index (χ4v) is 5.54. The maximum absolute atomic E-state index is 2.44. The molecule has 3 heteroatoms. The van der Waals surface area contributed by atoms with Crippen LogP contribution in [0.1, 0.15) is 66.5 Å². The molecule has 0 bridgehead atoms. The van der Waals surface area contributed by atoms with E-state index in [0.29, 0.717) is 12.5 Å². The van der Waals surface area contributed by atoms with Crippen LogP contribution in [0.3, 0.4) is 0 Å². The van der Waals surface area contributed by atoms with Gasteiger partial charge in [-0.1, -0.05) is 73.3 Å². The van der Waals surface area contributed by atoms with Gasteiger partial charge in [0.15, 0.2) is 0 Å². The Hall–Kier alpha value is -0.535. The van der Waals surface area contributed by atoms with E-state index in [1.54, 1.807) is 0 Å². The Labute approximate surface area is 145 Å². The van der Waals surface area contributed by atoms with E-state index in [0.717, 1.165) is 0 Å². The van der Waals surface area contributed by atoms with Crippen LogP contribution in [-0.4, -0.2) is 6.71 Å². The molecule has 0 nitrogen and oxygen atoms in total. The minimum atomic E-state index is 0.238. The maximum atomic E-state index is 2.44. The summed E-state index contributed by atoms with van der Waals surface area (Å²) < 4.78 is 3.03. The zero-order chi connectivity index (χ0) is 16.7. The monoisotopic (exact) mass is 332 g/mol. The molecule has 2 rings (SSSR count). The number of hydrogen-bond donors (Lipinski definition) is 0. The van der Waals surface area contributed by atoms with Gasteiger partial charge in [0.1, 0.15) is 0 Å². The molecular weight excluding hydrogens is 303 g/mol. The Morgan fingerprint density at radius 1 is 0.773 bits per heavy atom. The lowest BCUT2D eigenvalue weighted by Gasteiger charge is -2.18. The van der Waals surface area contributed by atoms with Crippen LogP contribution < -0.4 is 9.55 Å². The van der Waals surface area contributed by atoms with Crippen LogP contribution in [0.15, 0.2) is 22.9 Å². The fraction of sp³-hybridized carbons (Fsp3) is 0.579. The molecule has 0 saturated carbocycles. The van der Waals surface area contributed by atoms with Crippen molar-refractivity contribution in [3.05, 3.63) is 34.0 Å². The van der Waals surface area contributed by atoms with Gasteiger partial charge in [-0.25, -0.2) is 0 Å². The molecule has 120 valence electrons. The van der Waals surface area contributed by atoms with Crippen molar-refractivity contribution in [3.8, 4) is 0 Å². The van der Waals surface area contributed by atoms with Gasteiger partial charge in [0.05, 0.1) is 0 Å². The van der Waals surface area contributed by atoms with Gasteiger partial charge in [-0.15, -0.1) is 0 Å². The van der Waals surface area contributed by atoms with Gasteiger partial charge < -0.3 is 0 Å². The molecule has 0 aliphatic heterocycles. The molecule has 2 heterocycles. The smallest absolute Gasteiger partial charge is 0.158 e. The lowest BCUT2D eigenvalue weighted by Crippen LogP contribution is -2.41. The van der Waals surface area contributed by atoms with Crippen LogP contribution in [0.2, 0.25) is 5.82 Å². The van der Waals surface area contributed by atoms with E-state index < -0.39 is 0 Å². The number of thiophene rings is 2. The molecule has 0 N–H and O–H groups in total. The second kappa shape index (κ2) is 6.16. The highest BCUT2D eigenvalue weighted by atomic mass is 32.1. The number of hydrogen-bond acceptors (Lipinski definition) is 2. The Balaban J connectivity index is 2.39. The summed E-state index contributed by atoms with van der Waals surface area (Å²) in [5.41, 5.74) is 3.40. The third-order valence-corrected chi connectivity index (χ3v) is 6.28. The van der Waals surface area contributed by atoms with Gasteiger partial charge >= 0.3 is 0 Å². The average molecular weight is 332 g/mol. The molecule has 0 spiro atoms. The highest BCUT2D eigenvalue weighted by Crippen LogP contribution is 2.27. The summed E-state index contributed by atoms with van der Waals surface area (Å²) >= 11 is 3.86. The molecule has 0 radical (unpaired) electrons. The molecule has 0 unspecified atom stereocenters. The fourth-order valence-electron chi connectivity index (χ4n) is 2.62. The molecule has 0 fully saturated rings. The molecule has 2 aromatic rings. The molecule has 0 atom stereocenters.